The lowest BCUT2D eigenvalue weighted by Gasteiger charge is -2.07. The Labute approximate surface area is 130 Å². The highest BCUT2D eigenvalue weighted by Crippen LogP contribution is 2.41. The molecule has 0 atom stereocenters. The summed E-state index contributed by atoms with van der Waals surface area (Å²) in [5.74, 6) is 0.871. The summed E-state index contributed by atoms with van der Waals surface area (Å²) in [7, 11) is 1.70. The second-order valence-corrected chi connectivity index (χ2v) is 6.37. The van der Waals surface area contributed by atoms with E-state index in [-0.39, 0.29) is 0 Å². The number of hydrogen-bond acceptors (Lipinski definition) is 3. The molecule has 0 saturated heterocycles. The Balaban J connectivity index is 2.18. The second-order valence-electron chi connectivity index (χ2n) is 5.31. The van der Waals surface area contributed by atoms with Crippen LogP contribution in [0.5, 0.6) is 5.75 Å². The Morgan fingerprint density at radius 2 is 1.91 bits per heavy atom. The lowest BCUT2D eigenvalue weighted by molar-refractivity contribution is 0.415. The van der Waals surface area contributed by atoms with E-state index >= 15 is 0 Å². The summed E-state index contributed by atoms with van der Waals surface area (Å²) in [6, 6.07) is 16.8. The molecular formula is C18H12N2OS. The van der Waals surface area contributed by atoms with Crippen LogP contribution in [0.2, 0.25) is 0 Å². The van der Waals surface area contributed by atoms with Crippen LogP contribution in [0.4, 0.5) is 0 Å². The number of rotatable bonds is 1. The third-order valence-corrected chi connectivity index (χ3v) is 5.37. The van der Waals surface area contributed by atoms with Crippen LogP contribution in [0.25, 0.3) is 36.6 Å². The molecule has 0 spiro atoms. The van der Waals surface area contributed by atoms with Crippen molar-refractivity contribution >= 4 is 47.9 Å². The van der Waals surface area contributed by atoms with E-state index in [4.69, 9.17) is 4.74 Å². The SMILES string of the molecule is COc1ccc2c(c1)c1c3ccccc3sc1c1ccnn21. The van der Waals surface area contributed by atoms with Crippen molar-refractivity contribution in [3.8, 4) is 5.75 Å². The van der Waals surface area contributed by atoms with Crippen LogP contribution in [0.3, 0.4) is 0 Å². The summed E-state index contributed by atoms with van der Waals surface area (Å²) in [6.07, 6.45) is 1.86. The first kappa shape index (κ1) is 12.0. The van der Waals surface area contributed by atoms with Crippen molar-refractivity contribution in [3.63, 3.8) is 0 Å². The fourth-order valence-electron chi connectivity index (χ4n) is 3.19. The number of nitrogens with zero attached hydrogens (tertiary/aromatic N) is 2. The normalized spacial score (nSPS) is 11.9. The number of fused-ring (bicyclic) bond motifs is 8. The molecule has 0 aliphatic rings. The number of aromatic nitrogens is 2. The van der Waals surface area contributed by atoms with Gasteiger partial charge in [-0.05, 0) is 30.3 Å². The van der Waals surface area contributed by atoms with Gasteiger partial charge in [-0.2, -0.15) is 5.10 Å². The van der Waals surface area contributed by atoms with Gasteiger partial charge in [0.15, 0.2) is 0 Å². The smallest absolute Gasteiger partial charge is 0.119 e. The Morgan fingerprint density at radius 1 is 1.00 bits per heavy atom. The predicted molar refractivity (Wildman–Crippen MR) is 92.1 cm³/mol. The Hall–Kier alpha value is -2.59. The number of ether oxygens (including phenoxy) is 1. The molecule has 2 aromatic carbocycles. The molecule has 5 rings (SSSR count). The van der Waals surface area contributed by atoms with E-state index in [0.29, 0.717) is 0 Å². The molecule has 0 aliphatic carbocycles. The lowest BCUT2D eigenvalue weighted by Crippen LogP contribution is -1.92. The van der Waals surface area contributed by atoms with Gasteiger partial charge in [0.25, 0.3) is 0 Å². The zero-order chi connectivity index (χ0) is 14.7. The van der Waals surface area contributed by atoms with E-state index in [2.05, 4.69) is 47.6 Å². The number of hydrogen-bond donors (Lipinski definition) is 0. The number of methoxy groups -OCH3 is 1. The Kier molecular flexibility index (Phi) is 2.30. The maximum Gasteiger partial charge on any atom is 0.119 e. The van der Waals surface area contributed by atoms with Gasteiger partial charge in [0, 0.05) is 20.9 Å². The average Bonchev–Trinajstić information content (AvgIpc) is 3.18. The van der Waals surface area contributed by atoms with E-state index in [1.165, 1.54) is 25.6 Å². The van der Waals surface area contributed by atoms with Crippen molar-refractivity contribution in [2.24, 2.45) is 0 Å². The van der Waals surface area contributed by atoms with Crippen LogP contribution in [-0.2, 0) is 0 Å². The molecule has 0 N–H and O–H groups in total. The monoisotopic (exact) mass is 304 g/mol. The summed E-state index contributed by atoms with van der Waals surface area (Å²) >= 11 is 1.82. The lowest BCUT2D eigenvalue weighted by atomic mass is 10.1. The minimum absolute atomic E-state index is 0.871. The standard InChI is InChI=1S/C18H12N2OS/c1-21-11-6-7-14-13(10-11)17-12-4-2-3-5-16(12)22-18(17)15-8-9-19-20(14)15/h2-10H,1H3. The summed E-state index contributed by atoms with van der Waals surface area (Å²) in [4.78, 5) is 0. The molecule has 0 radical (unpaired) electrons. The van der Waals surface area contributed by atoms with Gasteiger partial charge in [-0.25, -0.2) is 4.52 Å². The van der Waals surface area contributed by atoms with E-state index < -0.39 is 0 Å². The van der Waals surface area contributed by atoms with Crippen LogP contribution in [-0.4, -0.2) is 16.7 Å². The molecule has 3 aromatic heterocycles. The second kappa shape index (κ2) is 4.21. The zero-order valence-electron chi connectivity index (χ0n) is 11.9. The third kappa shape index (κ3) is 1.42. The molecule has 0 unspecified atom stereocenters. The minimum Gasteiger partial charge on any atom is -0.497 e. The highest BCUT2D eigenvalue weighted by molar-refractivity contribution is 7.26. The van der Waals surface area contributed by atoms with Crippen LogP contribution >= 0.6 is 11.3 Å². The molecule has 0 aliphatic heterocycles. The largest absolute Gasteiger partial charge is 0.497 e. The van der Waals surface area contributed by atoms with Crippen molar-refractivity contribution in [2.75, 3.05) is 7.11 Å². The van der Waals surface area contributed by atoms with Gasteiger partial charge in [0.1, 0.15) is 5.75 Å². The van der Waals surface area contributed by atoms with Crippen molar-refractivity contribution in [3.05, 3.63) is 54.7 Å². The molecule has 4 heteroatoms. The first-order valence-corrected chi connectivity index (χ1v) is 7.93. The Morgan fingerprint density at radius 3 is 2.82 bits per heavy atom. The molecule has 3 nitrogen and oxygen atoms in total. The van der Waals surface area contributed by atoms with E-state index in [1.54, 1.807) is 7.11 Å². The quantitative estimate of drug-likeness (QED) is 0.442. The van der Waals surface area contributed by atoms with Gasteiger partial charge in [-0.3, -0.25) is 0 Å². The minimum atomic E-state index is 0.871. The molecule has 0 fully saturated rings. The van der Waals surface area contributed by atoms with Crippen molar-refractivity contribution in [1.29, 1.82) is 0 Å². The van der Waals surface area contributed by atoms with E-state index in [9.17, 15) is 0 Å². The van der Waals surface area contributed by atoms with Crippen LogP contribution < -0.4 is 4.74 Å². The first-order chi connectivity index (χ1) is 10.9. The molecule has 0 saturated carbocycles. The van der Waals surface area contributed by atoms with E-state index in [0.717, 1.165) is 16.8 Å². The van der Waals surface area contributed by atoms with Gasteiger partial charge in [-0.15, -0.1) is 11.3 Å². The average molecular weight is 304 g/mol. The zero-order valence-corrected chi connectivity index (χ0v) is 12.7. The molecule has 3 heterocycles. The van der Waals surface area contributed by atoms with Gasteiger partial charge < -0.3 is 4.74 Å². The van der Waals surface area contributed by atoms with Crippen LogP contribution in [0, 0.1) is 0 Å². The molecule has 5 aromatic rings. The van der Waals surface area contributed by atoms with Crippen molar-refractivity contribution < 1.29 is 4.74 Å². The van der Waals surface area contributed by atoms with E-state index in [1.807, 2.05) is 28.1 Å². The topological polar surface area (TPSA) is 26.5 Å². The van der Waals surface area contributed by atoms with Gasteiger partial charge in [0.05, 0.1) is 29.0 Å². The van der Waals surface area contributed by atoms with Crippen molar-refractivity contribution in [2.45, 2.75) is 0 Å². The number of pyridine rings is 1. The molecule has 22 heavy (non-hydrogen) atoms. The first-order valence-electron chi connectivity index (χ1n) is 7.11. The highest BCUT2D eigenvalue weighted by atomic mass is 32.1. The maximum absolute atomic E-state index is 5.43. The summed E-state index contributed by atoms with van der Waals surface area (Å²) in [6.45, 7) is 0. The fourth-order valence-corrected chi connectivity index (χ4v) is 4.42. The van der Waals surface area contributed by atoms with Gasteiger partial charge in [0.2, 0.25) is 0 Å². The maximum atomic E-state index is 5.43. The van der Waals surface area contributed by atoms with Gasteiger partial charge >= 0.3 is 0 Å². The molecule has 0 bridgehead atoms. The molecular weight excluding hydrogens is 292 g/mol. The Bertz CT molecular complexity index is 1170. The van der Waals surface area contributed by atoms with Gasteiger partial charge in [-0.1, -0.05) is 18.2 Å². The van der Waals surface area contributed by atoms with Crippen LogP contribution in [0.1, 0.15) is 0 Å². The molecule has 106 valence electrons. The number of benzene rings is 2. The highest BCUT2D eigenvalue weighted by Gasteiger charge is 2.14. The third-order valence-electron chi connectivity index (χ3n) is 4.17. The van der Waals surface area contributed by atoms with Crippen molar-refractivity contribution in [1.82, 2.24) is 9.61 Å². The fraction of sp³-hybridized carbons (Fsp3) is 0.0556. The summed E-state index contributed by atoms with van der Waals surface area (Å²) in [5.41, 5.74) is 2.27. The molecule has 0 amide bonds. The van der Waals surface area contributed by atoms with Crippen LogP contribution in [0.15, 0.2) is 54.7 Å². The summed E-state index contributed by atoms with van der Waals surface area (Å²) < 4.78 is 10.0. The predicted octanol–water partition coefficient (Wildman–Crippen LogP) is 4.86. The summed E-state index contributed by atoms with van der Waals surface area (Å²) in [5, 5.41) is 8.28. The number of thiophene rings is 1.